The predicted octanol–water partition coefficient (Wildman–Crippen LogP) is 1.87. The molecule has 0 unspecified atom stereocenters. The van der Waals surface area contributed by atoms with Crippen LogP contribution in [0.4, 0.5) is 0 Å². The van der Waals surface area contributed by atoms with E-state index in [1.54, 1.807) is 0 Å². The van der Waals surface area contributed by atoms with E-state index in [0.717, 1.165) is 34.7 Å². The van der Waals surface area contributed by atoms with Gasteiger partial charge in [-0.05, 0) is 37.5 Å². The number of nitrogens with one attached hydrogen (secondary N) is 2. The molecule has 2 aliphatic rings. The molecule has 0 radical (unpaired) electrons. The van der Waals surface area contributed by atoms with Crippen molar-refractivity contribution in [1.29, 1.82) is 0 Å². The van der Waals surface area contributed by atoms with Gasteiger partial charge in [0.25, 0.3) is 0 Å². The normalized spacial score (nSPS) is 15.5. The lowest BCUT2D eigenvalue weighted by Crippen LogP contribution is -2.38. The highest BCUT2D eigenvalue weighted by molar-refractivity contribution is 14.0. The van der Waals surface area contributed by atoms with Crippen molar-refractivity contribution in [1.82, 2.24) is 25.4 Å². The number of ether oxygens (including phenoxy) is 2. The van der Waals surface area contributed by atoms with E-state index in [-0.39, 0.29) is 30.8 Å². The van der Waals surface area contributed by atoms with Gasteiger partial charge in [0, 0.05) is 13.1 Å². The zero-order valence-electron chi connectivity index (χ0n) is 14.9. The number of guanidine groups is 1. The molecule has 8 nitrogen and oxygen atoms in total. The number of rotatable bonds is 5. The van der Waals surface area contributed by atoms with Crippen molar-refractivity contribution in [3.05, 3.63) is 35.4 Å². The van der Waals surface area contributed by atoms with Gasteiger partial charge in [0.15, 0.2) is 23.3 Å². The summed E-state index contributed by atoms with van der Waals surface area (Å²) in [5, 5.41) is 15.0. The van der Waals surface area contributed by atoms with E-state index in [1.165, 1.54) is 12.8 Å². The van der Waals surface area contributed by atoms with Crippen LogP contribution in [0.15, 0.2) is 23.2 Å². The Morgan fingerprint density at radius 1 is 1.27 bits per heavy atom. The van der Waals surface area contributed by atoms with E-state index in [4.69, 9.17) is 14.5 Å². The van der Waals surface area contributed by atoms with Crippen molar-refractivity contribution < 1.29 is 9.47 Å². The molecule has 2 aromatic rings. The highest BCUT2D eigenvalue weighted by atomic mass is 127. The van der Waals surface area contributed by atoms with Gasteiger partial charge in [0.1, 0.15) is 5.82 Å². The van der Waals surface area contributed by atoms with Gasteiger partial charge in [-0.15, -0.1) is 34.2 Å². The molecule has 4 rings (SSSR count). The van der Waals surface area contributed by atoms with Crippen molar-refractivity contribution in [2.75, 3.05) is 6.79 Å². The van der Waals surface area contributed by atoms with Crippen LogP contribution in [0, 0.1) is 6.92 Å². The largest absolute Gasteiger partial charge is 0.454 e. The predicted molar refractivity (Wildman–Crippen MR) is 108 cm³/mol. The fraction of sp³-hybridized carbons (Fsp3) is 0.471. The molecule has 1 aliphatic heterocycles. The number of nitrogens with zero attached hydrogens (tertiary/aromatic N) is 4. The molecule has 1 aromatic carbocycles. The summed E-state index contributed by atoms with van der Waals surface area (Å²) < 4.78 is 12.7. The van der Waals surface area contributed by atoms with E-state index in [0.29, 0.717) is 19.1 Å². The second-order valence-corrected chi connectivity index (χ2v) is 6.35. The molecule has 2 heterocycles. The quantitative estimate of drug-likeness (QED) is 0.395. The molecule has 1 aromatic heterocycles. The molecule has 1 aliphatic carbocycles. The minimum absolute atomic E-state index is 0. The summed E-state index contributed by atoms with van der Waals surface area (Å²) in [6, 6.07) is 6.44. The minimum atomic E-state index is 0. The molecule has 0 amide bonds. The molecule has 0 atom stereocenters. The highest BCUT2D eigenvalue weighted by Crippen LogP contribution is 2.32. The number of fused-ring (bicyclic) bond motifs is 1. The first-order valence-corrected chi connectivity index (χ1v) is 8.47. The zero-order valence-corrected chi connectivity index (χ0v) is 17.2. The number of aromatic nitrogens is 3. The summed E-state index contributed by atoms with van der Waals surface area (Å²) in [7, 11) is 1.96. The maximum atomic E-state index is 5.42. The van der Waals surface area contributed by atoms with Crippen molar-refractivity contribution in [2.45, 2.75) is 38.9 Å². The van der Waals surface area contributed by atoms with Gasteiger partial charge in [0.2, 0.25) is 6.79 Å². The number of aryl methyl sites for hydroxylation is 1. The van der Waals surface area contributed by atoms with E-state index in [1.807, 2.05) is 36.7 Å². The van der Waals surface area contributed by atoms with Crippen molar-refractivity contribution >= 4 is 29.9 Å². The Hall–Kier alpha value is -2.04. The van der Waals surface area contributed by atoms with E-state index in [2.05, 4.69) is 20.8 Å². The summed E-state index contributed by atoms with van der Waals surface area (Å²) in [5.41, 5.74) is 1.08. The smallest absolute Gasteiger partial charge is 0.231 e. The lowest BCUT2D eigenvalue weighted by molar-refractivity contribution is 0.174. The summed E-state index contributed by atoms with van der Waals surface area (Å²) in [6.07, 6.45) is 2.38. The van der Waals surface area contributed by atoms with Crippen molar-refractivity contribution in [2.24, 2.45) is 12.0 Å². The van der Waals surface area contributed by atoms with Crippen LogP contribution in [0.1, 0.15) is 30.1 Å². The lowest BCUT2D eigenvalue weighted by Gasteiger charge is -2.12. The van der Waals surface area contributed by atoms with Crippen LogP contribution in [-0.4, -0.2) is 33.6 Å². The summed E-state index contributed by atoms with van der Waals surface area (Å²) >= 11 is 0. The van der Waals surface area contributed by atoms with Gasteiger partial charge in [0.05, 0.1) is 13.1 Å². The van der Waals surface area contributed by atoms with Crippen LogP contribution in [0.2, 0.25) is 0 Å². The highest BCUT2D eigenvalue weighted by Gasteiger charge is 2.22. The number of benzene rings is 1. The standard InChI is InChI=1S/C17H22N6O2.HI/c1-11-21-22-16(23(11)2)9-19-17(20-13-4-5-13)18-8-12-3-6-14-15(7-12)25-10-24-14;/h3,6-7,13H,4-5,8-10H2,1-2H3,(H2,18,19,20);1H. The fourth-order valence-corrected chi connectivity index (χ4v) is 2.55. The molecule has 0 spiro atoms. The Bertz CT molecular complexity index is 803. The van der Waals surface area contributed by atoms with E-state index < -0.39 is 0 Å². The van der Waals surface area contributed by atoms with Crippen molar-refractivity contribution in [3.63, 3.8) is 0 Å². The zero-order chi connectivity index (χ0) is 17.2. The molecular weight excluding hydrogens is 447 g/mol. The maximum Gasteiger partial charge on any atom is 0.231 e. The fourth-order valence-electron chi connectivity index (χ4n) is 2.55. The van der Waals surface area contributed by atoms with Crippen LogP contribution in [-0.2, 0) is 20.1 Å². The van der Waals surface area contributed by atoms with Gasteiger partial charge >= 0.3 is 0 Å². The van der Waals surface area contributed by atoms with E-state index in [9.17, 15) is 0 Å². The third kappa shape index (κ3) is 4.37. The Morgan fingerprint density at radius 3 is 2.81 bits per heavy atom. The first-order valence-electron chi connectivity index (χ1n) is 8.47. The molecule has 0 bridgehead atoms. The van der Waals surface area contributed by atoms with Gasteiger partial charge in [-0.1, -0.05) is 6.07 Å². The topological polar surface area (TPSA) is 85.6 Å². The lowest BCUT2D eigenvalue weighted by atomic mass is 10.2. The Kier molecular flexibility index (Phi) is 5.84. The third-order valence-electron chi connectivity index (χ3n) is 4.37. The minimum Gasteiger partial charge on any atom is -0.454 e. The Balaban J connectivity index is 0.00000196. The number of hydrogen-bond donors (Lipinski definition) is 2. The first kappa shape index (κ1) is 18.7. The summed E-state index contributed by atoms with van der Waals surface area (Å²) in [6.45, 7) is 3.37. The SMILES string of the molecule is Cc1nnc(CNC(=NCc2ccc3c(c2)OCO3)NC2CC2)n1C.I. The van der Waals surface area contributed by atoms with Crippen LogP contribution >= 0.6 is 24.0 Å². The molecule has 140 valence electrons. The molecule has 26 heavy (non-hydrogen) atoms. The number of hydrogen-bond acceptors (Lipinski definition) is 5. The number of halogens is 1. The van der Waals surface area contributed by atoms with Gasteiger partial charge < -0.3 is 24.7 Å². The maximum absolute atomic E-state index is 5.42. The van der Waals surface area contributed by atoms with Gasteiger partial charge in [-0.3, -0.25) is 0 Å². The molecule has 9 heteroatoms. The molecule has 0 saturated heterocycles. The van der Waals surface area contributed by atoms with E-state index >= 15 is 0 Å². The van der Waals surface area contributed by atoms with Crippen LogP contribution in [0.5, 0.6) is 11.5 Å². The van der Waals surface area contributed by atoms with Crippen LogP contribution < -0.4 is 20.1 Å². The van der Waals surface area contributed by atoms with Gasteiger partial charge in [-0.25, -0.2) is 4.99 Å². The van der Waals surface area contributed by atoms with Crippen LogP contribution in [0.3, 0.4) is 0 Å². The molecule has 1 saturated carbocycles. The monoisotopic (exact) mass is 470 g/mol. The van der Waals surface area contributed by atoms with Crippen molar-refractivity contribution in [3.8, 4) is 11.5 Å². The molecular formula is C17H23IN6O2. The second kappa shape index (κ2) is 8.11. The molecule has 1 fully saturated rings. The van der Waals surface area contributed by atoms with Gasteiger partial charge in [-0.2, -0.15) is 0 Å². The Labute approximate surface area is 169 Å². The first-order chi connectivity index (χ1) is 12.2. The average molecular weight is 470 g/mol. The third-order valence-corrected chi connectivity index (χ3v) is 4.37. The van der Waals surface area contributed by atoms with Crippen LogP contribution in [0.25, 0.3) is 0 Å². The number of aliphatic imine (C=N–C) groups is 1. The Morgan fingerprint density at radius 2 is 2.08 bits per heavy atom. The molecule has 2 N–H and O–H groups in total. The average Bonchev–Trinajstić information content (AvgIpc) is 3.21. The second-order valence-electron chi connectivity index (χ2n) is 6.35. The summed E-state index contributed by atoms with van der Waals surface area (Å²) in [4.78, 5) is 4.69. The summed E-state index contributed by atoms with van der Waals surface area (Å²) in [5.74, 6) is 4.14.